The van der Waals surface area contributed by atoms with Crippen molar-refractivity contribution < 1.29 is 22.4 Å². The second-order valence-corrected chi connectivity index (χ2v) is 9.89. The fraction of sp³-hybridized carbons (Fsp3) is 0.261. The van der Waals surface area contributed by atoms with Crippen LogP contribution in [-0.2, 0) is 9.05 Å². The Kier molecular flexibility index (Phi) is 7.95. The van der Waals surface area contributed by atoms with Crippen LogP contribution in [0.2, 0.25) is 0 Å². The van der Waals surface area contributed by atoms with Crippen molar-refractivity contribution in [2.24, 2.45) is 0 Å². The van der Waals surface area contributed by atoms with Gasteiger partial charge in [-0.15, -0.1) is 0 Å². The molecule has 180 valence electrons. The molecule has 0 aliphatic rings. The molecular weight excluding hydrogens is 482 g/mol. The van der Waals surface area contributed by atoms with E-state index in [1.165, 1.54) is 24.3 Å². The van der Waals surface area contributed by atoms with E-state index < -0.39 is 26.5 Å². The zero-order valence-electron chi connectivity index (χ0n) is 18.6. The maximum Gasteiger partial charge on any atom is 0.349 e. The SMILES string of the molecule is CCN(CC)c1ccc2cc(C(=O)NCCNC(=O)c3cccc(S(=O)(=O)Cl)c3)c(=O)oc2c1. The summed E-state index contributed by atoms with van der Waals surface area (Å²) < 4.78 is 28.2. The van der Waals surface area contributed by atoms with Gasteiger partial charge in [-0.05, 0) is 50.2 Å². The van der Waals surface area contributed by atoms with Gasteiger partial charge in [-0.2, -0.15) is 0 Å². The first-order valence-corrected chi connectivity index (χ1v) is 12.9. The maximum atomic E-state index is 12.5. The zero-order chi connectivity index (χ0) is 24.9. The fourth-order valence-electron chi connectivity index (χ4n) is 3.38. The van der Waals surface area contributed by atoms with Gasteiger partial charge in [0.25, 0.3) is 20.9 Å². The summed E-state index contributed by atoms with van der Waals surface area (Å²) in [5.41, 5.74) is 0.508. The lowest BCUT2D eigenvalue weighted by Crippen LogP contribution is -2.36. The van der Waals surface area contributed by atoms with Crippen LogP contribution in [0.5, 0.6) is 0 Å². The third kappa shape index (κ3) is 5.95. The minimum absolute atomic E-state index is 0.0381. The van der Waals surface area contributed by atoms with Crippen molar-refractivity contribution in [1.29, 1.82) is 0 Å². The normalized spacial score (nSPS) is 11.3. The molecule has 34 heavy (non-hydrogen) atoms. The van der Waals surface area contributed by atoms with Crippen molar-refractivity contribution in [3.63, 3.8) is 0 Å². The number of anilines is 1. The molecule has 0 unspecified atom stereocenters. The third-order valence-corrected chi connectivity index (χ3v) is 6.52. The number of halogens is 1. The summed E-state index contributed by atoms with van der Waals surface area (Å²) in [7, 11) is 1.34. The number of carbonyl (C=O) groups excluding carboxylic acids is 2. The van der Waals surface area contributed by atoms with E-state index in [-0.39, 0.29) is 29.1 Å². The molecule has 0 atom stereocenters. The second-order valence-electron chi connectivity index (χ2n) is 7.32. The molecule has 2 amide bonds. The quantitative estimate of drug-likeness (QED) is 0.260. The molecule has 3 rings (SSSR count). The summed E-state index contributed by atoms with van der Waals surface area (Å²) in [6.07, 6.45) is 0. The number of benzene rings is 2. The van der Waals surface area contributed by atoms with Gasteiger partial charge in [0.2, 0.25) is 0 Å². The fourth-order valence-corrected chi connectivity index (χ4v) is 4.18. The lowest BCUT2D eigenvalue weighted by atomic mass is 10.1. The van der Waals surface area contributed by atoms with Gasteiger partial charge in [-0.25, -0.2) is 13.2 Å². The van der Waals surface area contributed by atoms with Crippen LogP contribution in [0, 0.1) is 0 Å². The van der Waals surface area contributed by atoms with Gasteiger partial charge in [0.1, 0.15) is 11.1 Å². The Morgan fingerprint density at radius 2 is 1.65 bits per heavy atom. The second kappa shape index (κ2) is 10.7. The molecule has 1 heterocycles. The Hall–Kier alpha value is -3.37. The number of fused-ring (bicyclic) bond motifs is 1. The van der Waals surface area contributed by atoms with Crippen LogP contribution in [0.4, 0.5) is 5.69 Å². The summed E-state index contributed by atoms with van der Waals surface area (Å²) in [6.45, 7) is 5.76. The van der Waals surface area contributed by atoms with E-state index in [4.69, 9.17) is 15.1 Å². The minimum atomic E-state index is -3.96. The molecule has 11 heteroatoms. The molecule has 0 saturated heterocycles. The molecule has 0 bridgehead atoms. The molecule has 0 fully saturated rings. The van der Waals surface area contributed by atoms with Gasteiger partial charge in [0.05, 0.1) is 4.90 Å². The van der Waals surface area contributed by atoms with E-state index in [0.29, 0.717) is 11.0 Å². The molecule has 0 aliphatic carbocycles. The average molecular weight is 506 g/mol. The van der Waals surface area contributed by atoms with Gasteiger partial charge in [0, 0.05) is 59.6 Å². The van der Waals surface area contributed by atoms with Gasteiger partial charge in [0.15, 0.2) is 0 Å². The maximum absolute atomic E-state index is 12.5. The van der Waals surface area contributed by atoms with Gasteiger partial charge in [-0.3, -0.25) is 9.59 Å². The van der Waals surface area contributed by atoms with Crippen molar-refractivity contribution in [2.75, 3.05) is 31.1 Å². The summed E-state index contributed by atoms with van der Waals surface area (Å²) >= 11 is 0. The van der Waals surface area contributed by atoms with Crippen LogP contribution < -0.4 is 21.2 Å². The van der Waals surface area contributed by atoms with Crippen molar-refractivity contribution in [1.82, 2.24) is 10.6 Å². The number of hydrogen-bond donors (Lipinski definition) is 2. The lowest BCUT2D eigenvalue weighted by molar-refractivity contribution is 0.0925. The van der Waals surface area contributed by atoms with E-state index in [0.717, 1.165) is 24.8 Å². The lowest BCUT2D eigenvalue weighted by Gasteiger charge is -2.21. The smallest absolute Gasteiger partial charge is 0.349 e. The summed E-state index contributed by atoms with van der Waals surface area (Å²) in [5, 5.41) is 5.73. The molecular formula is C23H24ClN3O6S. The molecule has 9 nitrogen and oxygen atoms in total. The molecule has 0 radical (unpaired) electrons. The highest BCUT2D eigenvalue weighted by Crippen LogP contribution is 2.22. The predicted molar refractivity (Wildman–Crippen MR) is 130 cm³/mol. The van der Waals surface area contributed by atoms with Crippen LogP contribution in [0.3, 0.4) is 0 Å². The third-order valence-electron chi connectivity index (χ3n) is 5.17. The number of nitrogens with zero attached hydrogens (tertiary/aromatic N) is 1. The highest BCUT2D eigenvalue weighted by atomic mass is 35.7. The standard InChI is InChI=1S/C23H24ClN3O6S/c1-3-27(4-2)17-9-8-15-13-19(23(30)33-20(15)14-17)22(29)26-11-10-25-21(28)16-6-5-7-18(12-16)34(24,31)32/h5-9,12-14H,3-4,10-11H2,1-2H3,(H,25,28)(H,26,29). The predicted octanol–water partition coefficient (Wildman–Crippen LogP) is 2.73. The van der Waals surface area contributed by atoms with E-state index in [9.17, 15) is 22.8 Å². The van der Waals surface area contributed by atoms with Crippen molar-refractivity contribution in [2.45, 2.75) is 18.7 Å². The Bertz CT molecular complexity index is 1380. The minimum Gasteiger partial charge on any atom is -0.422 e. The summed E-state index contributed by atoms with van der Waals surface area (Å²) in [5.74, 6) is -1.17. The van der Waals surface area contributed by atoms with E-state index >= 15 is 0 Å². The first kappa shape index (κ1) is 25.3. The molecule has 3 aromatic rings. The molecule has 0 spiro atoms. The number of rotatable bonds is 9. The average Bonchev–Trinajstić information content (AvgIpc) is 2.81. The number of carbonyl (C=O) groups is 2. The first-order valence-electron chi connectivity index (χ1n) is 10.6. The van der Waals surface area contributed by atoms with E-state index in [2.05, 4.69) is 15.5 Å². The number of amides is 2. The first-order chi connectivity index (χ1) is 16.1. The van der Waals surface area contributed by atoms with Crippen LogP contribution in [0.1, 0.15) is 34.6 Å². The number of hydrogen-bond acceptors (Lipinski definition) is 7. The van der Waals surface area contributed by atoms with Crippen molar-refractivity contribution >= 4 is 48.2 Å². The summed E-state index contributed by atoms with van der Waals surface area (Å²) in [6, 6.07) is 12.2. The Morgan fingerprint density at radius 3 is 2.29 bits per heavy atom. The topological polar surface area (TPSA) is 126 Å². The van der Waals surface area contributed by atoms with Crippen LogP contribution >= 0.6 is 10.7 Å². The monoisotopic (exact) mass is 505 g/mol. The Morgan fingerprint density at radius 1 is 0.971 bits per heavy atom. The molecule has 0 aliphatic heterocycles. The van der Waals surface area contributed by atoms with Gasteiger partial charge >= 0.3 is 5.63 Å². The summed E-state index contributed by atoms with van der Waals surface area (Å²) in [4.78, 5) is 39.0. The van der Waals surface area contributed by atoms with Gasteiger partial charge < -0.3 is 20.0 Å². The van der Waals surface area contributed by atoms with Crippen molar-refractivity contribution in [3.8, 4) is 0 Å². The van der Waals surface area contributed by atoms with Crippen LogP contribution in [0.15, 0.2) is 62.6 Å². The van der Waals surface area contributed by atoms with Gasteiger partial charge in [-0.1, -0.05) is 6.07 Å². The molecule has 0 saturated carbocycles. The Balaban J connectivity index is 1.62. The van der Waals surface area contributed by atoms with E-state index in [1.54, 1.807) is 12.1 Å². The molecule has 2 aromatic carbocycles. The number of nitrogens with one attached hydrogen (secondary N) is 2. The molecule has 2 N–H and O–H groups in total. The largest absolute Gasteiger partial charge is 0.422 e. The zero-order valence-corrected chi connectivity index (χ0v) is 20.2. The van der Waals surface area contributed by atoms with Crippen molar-refractivity contribution in [3.05, 3.63) is 70.1 Å². The highest BCUT2D eigenvalue weighted by Gasteiger charge is 2.16. The molecule has 1 aromatic heterocycles. The Labute approximate surface area is 201 Å². The highest BCUT2D eigenvalue weighted by molar-refractivity contribution is 8.13. The van der Waals surface area contributed by atoms with Crippen LogP contribution in [-0.4, -0.2) is 46.4 Å². The van der Waals surface area contributed by atoms with Crippen LogP contribution in [0.25, 0.3) is 11.0 Å². The van der Waals surface area contributed by atoms with E-state index in [1.807, 2.05) is 19.9 Å².